The number of piperazine rings is 1. The summed E-state index contributed by atoms with van der Waals surface area (Å²) in [5.74, 6) is 1.22. The summed E-state index contributed by atoms with van der Waals surface area (Å²) in [6.45, 7) is 5.19. The van der Waals surface area contributed by atoms with Crippen molar-refractivity contribution in [3.05, 3.63) is 59.7 Å². The van der Waals surface area contributed by atoms with E-state index in [1.807, 2.05) is 47.9 Å². The van der Waals surface area contributed by atoms with Crippen LogP contribution in [0.15, 0.2) is 48.5 Å². The Balaban J connectivity index is 1.39. The van der Waals surface area contributed by atoms with Crippen LogP contribution in [0.2, 0.25) is 0 Å². The number of carbonyl (C=O) groups is 1. The van der Waals surface area contributed by atoms with Crippen LogP contribution < -0.4 is 15.0 Å². The highest BCUT2D eigenvalue weighted by Gasteiger charge is 2.30. The molecule has 0 radical (unpaired) electrons. The molecule has 2 aromatic rings. The summed E-state index contributed by atoms with van der Waals surface area (Å²) in [7, 11) is 0. The Morgan fingerprint density at radius 3 is 2.43 bits per heavy atom. The first-order valence-electron chi connectivity index (χ1n) is 9.58. The molecule has 2 heterocycles. The van der Waals surface area contributed by atoms with Gasteiger partial charge in [0.1, 0.15) is 19.3 Å². The second-order valence-electron chi connectivity index (χ2n) is 7.08. The summed E-state index contributed by atoms with van der Waals surface area (Å²) >= 11 is 0. The molecular weight excluding hydrogens is 358 g/mol. The summed E-state index contributed by atoms with van der Waals surface area (Å²) in [6, 6.07) is 15.2. The van der Waals surface area contributed by atoms with Crippen LogP contribution in [0.1, 0.15) is 17.2 Å². The Morgan fingerprint density at radius 2 is 1.71 bits per heavy atom. The first kappa shape index (κ1) is 18.7. The molecule has 1 fully saturated rings. The maximum atomic E-state index is 12.3. The van der Waals surface area contributed by atoms with Gasteiger partial charge in [0.05, 0.1) is 0 Å². The van der Waals surface area contributed by atoms with Crippen LogP contribution in [-0.2, 0) is 11.3 Å². The first-order valence-corrected chi connectivity index (χ1v) is 9.58. The zero-order valence-corrected chi connectivity index (χ0v) is 15.7. The number of fused-ring (bicyclic) bond motifs is 1. The van der Waals surface area contributed by atoms with Crippen molar-refractivity contribution in [1.29, 1.82) is 0 Å². The number of hydroxylamine groups is 1. The third-order valence-electron chi connectivity index (χ3n) is 5.26. The molecule has 7 heteroatoms. The molecule has 28 heavy (non-hydrogen) atoms. The van der Waals surface area contributed by atoms with Crippen molar-refractivity contribution in [3.63, 3.8) is 0 Å². The van der Waals surface area contributed by atoms with Gasteiger partial charge in [-0.25, -0.2) is 5.48 Å². The number of carbonyl (C=O) groups excluding carboxylic acids is 1. The van der Waals surface area contributed by atoms with Crippen LogP contribution in [0.5, 0.6) is 11.5 Å². The molecule has 0 aliphatic carbocycles. The predicted octanol–water partition coefficient (Wildman–Crippen LogP) is 1.82. The Labute approximate surface area is 164 Å². The molecule has 2 aromatic carbocycles. The van der Waals surface area contributed by atoms with Crippen LogP contribution >= 0.6 is 0 Å². The van der Waals surface area contributed by atoms with Crippen molar-refractivity contribution < 1.29 is 19.5 Å². The van der Waals surface area contributed by atoms with E-state index in [9.17, 15) is 10.0 Å². The number of benzene rings is 2. The van der Waals surface area contributed by atoms with Crippen LogP contribution in [0.25, 0.3) is 0 Å². The van der Waals surface area contributed by atoms with Gasteiger partial charge in [-0.1, -0.05) is 36.4 Å². The van der Waals surface area contributed by atoms with Crippen molar-refractivity contribution in [2.45, 2.75) is 12.6 Å². The smallest absolute Gasteiger partial charge is 0.265 e. The fourth-order valence-electron chi connectivity index (χ4n) is 3.85. The van der Waals surface area contributed by atoms with Crippen LogP contribution in [0.4, 0.5) is 0 Å². The Kier molecular flexibility index (Phi) is 5.76. The Hall–Kier alpha value is -2.61. The molecule has 0 aromatic heterocycles. The van der Waals surface area contributed by atoms with E-state index in [1.165, 1.54) is 5.56 Å². The van der Waals surface area contributed by atoms with E-state index in [1.54, 1.807) is 0 Å². The fraction of sp³-hybridized carbons (Fsp3) is 0.381. The van der Waals surface area contributed by atoms with Gasteiger partial charge in [-0.3, -0.25) is 19.8 Å². The molecule has 1 saturated heterocycles. The van der Waals surface area contributed by atoms with Gasteiger partial charge in [-0.05, 0) is 23.3 Å². The highest BCUT2D eigenvalue weighted by molar-refractivity contribution is 5.82. The van der Waals surface area contributed by atoms with E-state index in [0.717, 1.165) is 49.8 Å². The van der Waals surface area contributed by atoms with E-state index in [0.29, 0.717) is 13.2 Å². The Morgan fingerprint density at radius 1 is 1.00 bits per heavy atom. The van der Waals surface area contributed by atoms with E-state index < -0.39 is 11.9 Å². The van der Waals surface area contributed by atoms with E-state index in [2.05, 4.69) is 15.9 Å². The largest absolute Gasteiger partial charge is 0.486 e. The van der Waals surface area contributed by atoms with Gasteiger partial charge in [0.25, 0.3) is 5.91 Å². The summed E-state index contributed by atoms with van der Waals surface area (Å²) < 4.78 is 11.2. The maximum Gasteiger partial charge on any atom is 0.265 e. The van der Waals surface area contributed by atoms with Crippen molar-refractivity contribution in [2.75, 3.05) is 39.4 Å². The number of rotatable bonds is 5. The van der Waals surface area contributed by atoms with Crippen molar-refractivity contribution in [3.8, 4) is 11.5 Å². The second-order valence-corrected chi connectivity index (χ2v) is 7.08. The number of ether oxygens (including phenoxy) is 2. The summed E-state index contributed by atoms with van der Waals surface area (Å²) in [6.07, 6.45) is 0. The lowest BCUT2D eigenvalue weighted by atomic mass is 10.0. The third-order valence-corrected chi connectivity index (χ3v) is 5.26. The van der Waals surface area contributed by atoms with Crippen molar-refractivity contribution in [2.24, 2.45) is 0 Å². The average molecular weight is 383 g/mol. The molecule has 0 spiro atoms. The lowest BCUT2D eigenvalue weighted by Gasteiger charge is -2.38. The van der Waals surface area contributed by atoms with Gasteiger partial charge in [0.2, 0.25) is 0 Å². The van der Waals surface area contributed by atoms with Gasteiger partial charge in [0, 0.05) is 32.7 Å². The second kappa shape index (κ2) is 8.60. The lowest BCUT2D eigenvalue weighted by molar-refractivity contribution is -0.136. The Bertz CT molecular complexity index is 807. The van der Waals surface area contributed by atoms with Crippen molar-refractivity contribution in [1.82, 2.24) is 15.3 Å². The van der Waals surface area contributed by atoms with Gasteiger partial charge in [-0.15, -0.1) is 0 Å². The highest BCUT2D eigenvalue weighted by atomic mass is 16.6. The SMILES string of the molecule is O=C(NO)C(c1ccccc1)N1CCN(Cc2ccc3c(c2)OCCO3)CC1. The molecule has 7 nitrogen and oxygen atoms in total. The predicted molar refractivity (Wildman–Crippen MR) is 103 cm³/mol. The fourth-order valence-corrected chi connectivity index (χ4v) is 3.85. The zero-order valence-electron chi connectivity index (χ0n) is 15.7. The van der Waals surface area contributed by atoms with Gasteiger partial charge < -0.3 is 9.47 Å². The minimum absolute atomic E-state index is 0.397. The number of hydrogen-bond acceptors (Lipinski definition) is 6. The number of nitrogens with zero attached hydrogens (tertiary/aromatic N) is 2. The zero-order chi connectivity index (χ0) is 19.3. The quantitative estimate of drug-likeness (QED) is 0.606. The van der Waals surface area contributed by atoms with Gasteiger partial charge in [0.15, 0.2) is 11.5 Å². The van der Waals surface area contributed by atoms with Crippen molar-refractivity contribution >= 4 is 5.91 Å². The number of amides is 1. The maximum absolute atomic E-state index is 12.3. The highest BCUT2D eigenvalue weighted by Crippen LogP contribution is 2.31. The molecule has 148 valence electrons. The standard InChI is InChI=1S/C21H25N3O4/c25-21(22-26)20(17-4-2-1-3-5-17)24-10-8-23(9-11-24)15-16-6-7-18-19(14-16)28-13-12-27-18/h1-7,14,20,26H,8-13,15H2,(H,22,25). The van der Waals surface area contributed by atoms with Crippen LogP contribution in [0, 0.1) is 0 Å². The van der Waals surface area contributed by atoms with E-state index in [-0.39, 0.29) is 0 Å². The molecule has 1 unspecified atom stereocenters. The van der Waals surface area contributed by atoms with Crippen LogP contribution in [-0.4, -0.2) is 60.3 Å². The van der Waals surface area contributed by atoms with E-state index in [4.69, 9.17) is 9.47 Å². The third kappa shape index (κ3) is 4.11. The lowest BCUT2D eigenvalue weighted by Crippen LogP contribution is -2.50. The summed E-state index contributed by atoms with van der Waals surface area (Å²) in [5.41, 5.74) is 3.89. The molecule has 2 aliphatic rings. The monoisotopic (exact) mass is 383 g/mol. The molecular formula is C21H25N3O4. The molecule has 0 saturated carbocycles. The minimum Gasteiger partial charge on any atom is -0.486 e. The average Bonchev–Trinajstić information content (AvgIpc) is 2.75. The topological polar surface area (TPSA) is 74.3 Å². The molecule has 1 atom stereocenters. The molecule has 0 bridgehead atoms. The minimum atomic E-state index is -0.484. The summed E-state index contributed by atoms with van der Waals surface area (Å²) in [4.78, 5) is 16.8. The van der Waals surface area contributed by atoms with Gasteiger partial charge in [-0.2, -0.15) is 0 Å². The normalized spacial score (nSPS) is 18.5. The summed E-state index contributed by atoms with van der Waals surface area (Å²) in [5, 5.41) is 9.18. The van der Waals surface area contributed by atoms with E-state index >= 15 is 0 Å². The van der Waals surface area contributed by atoms with Crippen LogP contribution in [0.3, 0.4) is 0 Å². The molecule has 2 aliphatic heterocycles. The molecule has 1 amide bonds. The number of hydrogen-bond donors (Lipinski definition) is 2. The molecule has 2 N–H and O–H groups in total. The first-order chi connectivity index (χ1) is 13.7. The molecule has 4 rings (SSSR count). The number of nitrogens with one attached hydrogen (secondary N) is 1. The van der Waals surface area contributed by atoms with Gasteiger partial charge >= 0.3 is 0 Å².